The van der Waals surface area contributed by atoms with Crippen LogP contribution in [0.2, 0.25) is 5.02 Å². The Morgan fingerprint density at radius 3 is 1.10 bits per heavy atom. The molecular weight excluding hydrogens is 1890 g/mol. The van der Waals surface area contributed by atoms with Gasteiger partial charge in [0, 0.05) is 93.9 Å². The highest BCUT2D eigenvalue weighted by Crippen LogP contribution is 2.60. The zero-order valence-electron chi connectivity index (χ0n) is 77.8. The average molecular weight is 1990 g/mol. The molecule has 24 rings (SSSR count). The summed E-state index contributed by atoms with van der Waals surface area (Å²) in [5, 5.41) is 12.8. The molecule has 0 radical (unpaired) electrons. The number of carbonyl (C=O) groups is 8. The summed E-state index contributed by atoms with van der Waals surface area (Å²) in [7, 11) is 0. The van der Waals surface area contributed by atoms with Crippen molar-refractivity contribution in [3.63, 3.8) is 0 Å². The molecule has 4 saturated heterocycles. The predicted molar refractivity (Wildman–Crippen MR) is 551 cm³/mol. The van der Waals surface area contributed by atoms with Crippen molar-refractivity contribution in [2.24, 2.45) is 21.7 Å². The minimum absolute atomic E-state index is 0.00352. The Morgan fingerprint density at radius 1 is 0.380 bits per heavy atom. The molecule has 4 spiro atoms. The van der Waals surface area contributed by atoms with Gasteiger partial charge in [-0.2, -0.15) is 0 Å². The summed E-state index contributed by atoms with van der Waals surface area (Å²) in [6, 6.07) is 54.6. The number of halogens is 2. The van der Waals surface area contributed by atoms with Crippen LogP contribution in [0, 0.1) is 41.3 Å². The summed E-state index contributed by atoms with van der Waals surface area (Å²) in [6.45, 7) is 24.3. The van der Waals surface area contributed by atoms with Crippen LogP contribution < -0.4 is 21.3 Å². The first-order valence-corrected chi connectivity index (χ1v) is 50.8. The molecule has 8 amide bonds. The van der Waals surface area contributed by atoms with Gasteiger partial charge in [0.05, 0.1) is 107 Å². The van der Waals surface area contributed by atoms with Crippen molar-refractivity contribution in [2.75, 3.05) is 73.6 Å². The summed E-state index contributed by atoms with van der Waals surface area (Å²) >= 11 is 11.9. The highest BCUT2D eigenvalue weighted by Gasteiger charge is 2.55. The minimum atomic E-state index is -0.351. The minimum Gasteiger partial charge on any atom is -0.464 e. The number of nitrogens with zero attached hydrogens (tertiary/aromatic N) is 15. The Balaban J connectivity index is 0.000000112. The van der Waals surface area contributed by atoms with Gasteiger partial charge in [-0.25, -0.2) is 34.3 Å². The number of hydrogen-bond acceptors (Lipinski definition) is 21. The van der Waals surface area contributed by atoms with Crippen LogP contribution in [0.1, 0.15) is 151 Å². The molecule has 16 heterocycles. The van der Waals surface area contributed by atoms with Gasteiger partial charge in [0.25, 0.3) is 23.6 Å². The fourth-order valence-electron chi connectivity index (χ4n) is 22.0. The maximum Gasteiger partial charge on any atom is 0.268 e. The number of benzene rings is 4. The summed E-state index contributed by atoms with van der Waals surface area (Å²) in [5.74, 6) is 2.93. The fourth-order valence-corrected chi connectivity index (χ4v) is 25.7. The number of thiophene rings is 4. The topological polar surface area (TPSA) is 334 Å². The van der Waals surface area contributed by atoms with Gasteiger partial charge in [-0.15, -0.1) is 45.3 Å². The number of likely N-dealkylation sites (tertiary alicyclic amines) is 4. The van der Waals surface area contributed by atoms with Crippen LogP contribution >= 0.6 is 56.9 Å². The number of amides is 8. The summed E-state index contributed by atoms with van der Waals surface area (Å²) in [5.41, 5.74) is 9.91. The molecule has 35 heteroatoms. The molecule has 29 nitrogen and oxygen atoms in total. The molecule has 4 aliphatic heterocycles. The van der Waals surface area contributed by atoms with Crippen molar-refractivity contribution >= 4 is 172 Å². The molecular formula is C107H99ClFN19O10S4. The van der Waals surface area contributed by atoms with Crippen molar-refractivity contribution < 1.29 is 51.6 Å². The van der Waals surface area contributed by atoms with Gasteiger partial charge < -0.3 is 46.7 Å². The number of hydrogen-bond donors (Lipinski definition) is 4. The smallest absolute Gasteiger partial charge is 0.268 e. The van der Waals surface area contributed by atoms with Gasteiger partial charge in [0.2, 0.25) is 47.4 Å². The lowest BCUT2D eigenvalue weighted by atomic mass is 9.64. The van der Waals surface area contributed by atoms with Crippen molar-refractivity contribution in [3.05, 3.63) is 293 Å². The maximum absolute atomic E-state index is 14.2. The molecule has 720 valence electrons. The number of rotatable bonds is 20. The quantitative estimate of drug-likeness (QED) is 0.0515. The number of aromatic nitrogens is 11. The molecule has 8 fully saturated rings. The van der Waals surface area contributed by atoms with E-state index in [-0.39, 0.29) is 98.9 Å². The molecule has 4 aliphatic carbocycles. The predicted octanol–water partition coefficient (Wildman–Crippen LogP) is 21.8. The number of aryl methyl sites for hydroxylation is 2. The van der Waals surface area contributed by atoms with Crippen LogP contribution in [0.3, 0.4) is 0 Å². The Bertz CT molecular complexity index is 7240. The van der Waals surface area contributed by atoms with E-state index < -0.39 is 0 Å². The number of imidazole rings is 4. The van der Waals surface area contributed by atoms with E-state index in [1.54, 1.807) is 55.3 Å². The Morgan fingerprint density at radius 2 is 0.725 bits per heavy atom. The largest absolute Gasteiger partial charge is 0.464 e. The number of anilines is 4. The Hall–Kier alpha value is -14.7. The second-order valence-corrected chi connectivity index (χ2v) is 43.0. The third kappa shape index (κ3) is 18.5. The monoisotopic (exact) mass is 1990 g/mol. The van der Waals surface area contributed by atoms with Crippen molar-refractivity contribution in [3.8, 4) is 42.4 Å². The Kier molecular flexibility index (Phi) is 25.3. The summed E-state index contributed by atoms with van der Waals surface area (Å²) in [6.07, 6.45) is 23.5. The average Bonchev–Trinajstić information content (AvgIpc) is 1.59. The van der Waals surface area contributed by atoms with E-state index in [1.165, 1.54) is 81.8 Å². The molecule has 0 unspecified atom stereocenters. The second-order valence-electron chi connectivity index (χ2n) is 38.2. The van der Waals surface area contributed by atoms with E-state index in [4.69, 9.17) is 35.4 Å². The standard InChI is InChI=1S/C28H27N5O2S.C27H26N6O2S.C26H23ClN4O3S.C26H23FN4O3S/c1-3-25(34)32-13-11-28(17-32)15-19(16-28)33-22-7-5-4-6-20(22)30-27(33)31-26(35)24-9-8-23(36-24)21-14-18(2)10-12-29-21;1-3-24(34)32-13-11-27(16-32)14-18(15-27)33-21-7-5-4-6-19(21)30-26(33)31-25(35)23-9-8-22(36-23)20-10-12-28-17(2)29-20;2*1-2-23(32)30-10-9-26(15-30)13-17(14-26)31-19-12-16(27)5-6-18(19)28-25(31)29-24(33)22-8-7-21(35-22)20-4-3-11-34-20/h3-10,12,14,19H,1,11,13,15-17H2,2H3,(H,30,31,35);3-10,12,18H,1,11,13-16H2,2H3,(H,30,31,35);2*2-8,11-12,17H,1,9-10,13-15H2,(H,28,29,33). The number of fused-ring (bicyclic) bond motifs is 4. The van der Waals surface area contributed by atoms with Crippen LogP contribution in [0.15, 0.2) is 260 Å². The maximum atomic E-state index is 14.2. The lowest BCUT2D eigenvalue weighted by Crippen LogP contribution is -2.42. The highest BCUT2D eigenvalue weighted by atomic mass is 35.5. The van der Waals surface area contributed by atoms with E-state index in [0.29, 0.717) is 77.5 Å². The third-order valence-electron chi connectivity index (χ3n) is 28.9. The van der Waals surface area contributed by atoms with Gasteiger partial charge in [-0.3, -0.25) is 64.6 Å². The second kappa shape index (κ2) is 38.4. The van der Waals surface area contributed by atoms with Gasteiger partial charge in [0.15, 0.2) is 0 Å². The van der Waals surface area contributed by atoms with E-state index in [0.717, 1.165) is 198 Å². The van der Waals surface area contributed by atoms with Gasteiger partial charge in [-0.1, -0.05) is 62.2 Å². The number of pyridine rings is 1. The van der Waals surface area contributed by atoms with Crippen LogP contribution in [0.25, 0.3) is 86.6 Å². The SMILES string of the molecule is C=CC(=O)N1CCC2(CC(n3c(NC(=O)c4ccc(-c5cc(C)ccn5)s4)nc4ccccc43)C2)C1.C=CC(=O)N1CCC2(CC(n3c(NC(=O)c4ccc(-c5ccco5)s4)nc4ccc(Cl)cc43)C2)C1.C=CC(=O)N1CCC2(CC(n3c(NC(=O)c4ccc(-c5ccco5)s4)nc4ccc(F)cc43)C2)C1.C=CC(=O)N1CCC2(CC(n3c(NC(=O)c4ccc(-c5ccnc(C)n5)s4)nc4ccccc43)C2)C1. The first-order chi connectivity index (χ1) is 68.8. The van der Waals surface area contributed by atoms with Gasteiger partial charge in [0.1, 0.15) is 23.2 Å². The molecule has 0 atom stereocenters. The molecule has 142 heavy (non-hydrogen) atoms. The summed E-state index contributed by atoms with van der Waals surface area (Å²) < 4.78 is 33.4. The van der Waals surface area contributed by atoms with Crippen LogP contribution in [-0.4, -0.2) is 172 Å². The molecule has 4 aromatic carbocycles. The van der Waals surface area contributed by atoms with E-state index >= 15 is 0 Å². The van der Waals surface area contributed by atoms with Crippen LogP contribution in [0.4, 0.5) is 28.2 Å². The van der Waals surface area contributed by atoms with Crippen LogP contribution in [-0.2, 0) is 19.2 Å². The summed E-state index contributed by atoms with van der Waals surface area (Å²) in [4.78, 5) is 146. The Labute approximate surface area is 836 Å². The molecule has 8 aliphatic rings. The molecule has 12 aromatic heterocycles. The molecule has 4 saturated carbocycles. The van der Waals surface area contributed by atoms with Crippen molar-refractivity contribution in [1.29, 1.82) is 0 Å². The number of para-hydroxylation sites is 4. The zero-order valence-corrected chi connectivity index (χ0v) is 81.8. The fraction of sp³-hybridized carbons (Fsp3) is 0.280. The number of nitrogens with one attached hydrogen (secondary N) is 4. The third-order valence-corrected chi connectivity index (χ3v) is 33.6. The highest BCUT2D eigenvalue weighted by molar-refractivity contribution is 7.18. The first kappa shape index (κ1) is 93.6. The lowest BCUT2D eigenvalue weighted by Gasteiger charge is -2.46. The zero-order chi connectivity index (χ0) is 98.0. The first-order valence-electron chi connectivity index (χ1n) is 47.2. The van der Waals surface area contributed by atoms with E-state index in [9.17, 15) is 42.7 Å². The van der Waals surface area contributed by atoms with E-state index in [2.05, 4.69) is 87.3 Å². The molecule has 16 aromatic rings. The molecule has 4 N–H and O–H groups in total. The molecule has 0 bridgehead atoms. The van der Waals surface area contributed by atoms with Crippen molar-refractivity contribution in [2.45, 2.75) is 115 Å². The van der Waals surface area contributed by atoms with E-state index in [1.807, 2.05) is 165 Å². The van der Waals surface area contributed by atoms with Gasteiger partial charge >= 0.3 is 0 Å². The van der Waals surface area contributed by atoms with Gasteiger partial charge in [-0.05, 0) is 294 Å². The lowest BCUT2D eigenvalue weighted by molar-refractivity contribution is -0.126. The van der Waals surface area contributed by atoms with Crippen molar-refractivity contribution in [1.82, 2.24) is 72.8 Å². The number of furan rings is 2. The number of carbonyl (C=O) groups excluding carboxylic acids is 8. The normalized spacial score (nSPS) is 21.2. The van der Waals surface area contributed by atoms with Crippen LogP contribution in [0.5, 0.6) is 0 Å².